The van der Waals surface area contributed by atoms with Gasteiger partial charge in [0.2, 0.25) is 0 Å². The lowest BCUT2D eigenvalue weighted by atomic mass is 10.1. The summed E-state index contributed by atoms with van der Waals surface area (Å²) in [4.78, 5) is 4.26. The number of benzene rings is 1. The van der Waals surface area contributed by atoms with E-state index in [1.165, 1.54) is 12.1 Å². The molecule has 0 saturated carbocycles. The first-order chi connectivity index (χ1) is 8.66. The van der Waals surface area contributed by atoms with Gasteiger partial charge in [0, 0.05) is 23.8 Å². The molecule has 0 amide bonds. The van der Waals surface area contributed by atoms with Crippen LogP contribution >= 0.6 is 11.6 Å². The molecule has 2 rings (SSSR count). The third-order valence-electron chi connectivity index (χ3n) is 2.74. The smallest absolute Gasteiger partial charge is 0.123 e. The van der Waals surface area contributed by atoms with Gasteiger partial charge in [0.25, 0.3) is 0 Å². The fourth-order valence-electron chi connectivity index (χ4n) is 1.68. The summed E-state index contributed by atoms with van der Waals surface area (Å²) < 4.78 is 13.1. The van der Waals surface area contributed by atoms with Crippen molar-refractivity contribution in [3.8, 4) is 0 Å². The van der Waals surface area contributed by atoms with Gasteiger partial charge in [-0.1, -0.05) is 17.7 Å². The molecular formula is C14H14ClFN2. The fraction of sp³-hybridized carbons (Fsp3) is 0.214. The van der Waals surface area contributed by atoms with Crippen LogP contribution in [0.2, 0.25) is 5.02 Å². The summed E-state index contributed by atoms with van der Waals surface area (Å²) in [6.45, 7) is 2.52. The molecule has 0 spiro atoms. The Morgan fingerprint density at radius 3 is 2.89 bits per heavy atom. The molecule has 94 valence electrons. The highest BCUT2D eigenvalue weighted by Gasteiger charge is 2.07. The second-order valence-corrected chi connectivity index (χ2v) is 4.50. The van der Waals surface area contributed by atoms with Gasteiger partial charge in [-0.2, -0.15) is 0 Å². The highest BCUT2D eigenvalue weighted by Crippen LogP contribution is 2.18. The first kappa shape index (κ1) is 13.0. The molecule has 0 radical (unpaired) electrons. The van der Waals surface area contributed by atoms with Crippen molar-refractivity contribution < 1.29 is 4.39 Å². The average molecular weight is 265 g/mol. The van der Waals surface area contributed by atoms with Crippen molar-refractivity contribution in [2.24, 2.45) is 0 Å². The molecule has 0 bridgehead atoms. The molecule has 2 nitrogen and oxygen atoms in total. The number of pyridine rings is 1. The van der Waals surface area contributed by atoms with Crippen molar-refractivity contribution in [1.29, 1.82) is 0 Å². The molecule has 0 aliphatic carbocycles. The van der Waals surface area contributed by atoms with Crippen molar-refractivity contribution in [3.05, 3.63) is 64.7 Å². The summed E-state index contributed by atoms with van der Waals surface area (Å²) in [5, 5.41) is 3.84. The Balaban J connectivity index is 2.01. The Bertz CT molecular complexity index is 516. The van der Waals surface area contributed by atoms with E-state index in [-0.39, 0.29) is 11.9 Å². The van der Waals surface area contributed by atoms with Crippen LogP contribution in [0, 0.1) is 5.82 Å². The van der Waals surface area contributed by atoms with Crippen LogP contribution in [0.15, 0.2) is 42.6 Å². The van der Waals surface area contributed by atoms with Crippen LogP contribution in [0.4, 0.5) is 4.39 Å². The molecule has 4 heteroatoms. The minimum Gasteiger partial charge on any atom is -0.305 e. The van der Waals surface area contributed by atoms with Crippen molar-refractivity contribution in [3.63, 3.8) is 0 Å². The number of hydrogen-bond donors (Lipinski definition) is 1. The van der Waals surface area contributed by atoms with Crippen molar-refractivity contribution in [2.45, 2.75) is 19.5 Å². The summed E-state index contributed by atoms with van der Waals surface area (Å²) in [5.41, 5.74) is 1.70. The Morgan fingerprint density at radius 2 is 2.17 bits per heavy atom. The van der Waals surface area contributed by atoms with Crippen LogP contribution in [0.3, 0.4) is 0 Å². The van der Waals surface area contributed by atoms with Gasteiger partial charge in [0.15, 0.2) is 0 Å². The van der Waals surface area contributed by atoms with Gasteiger partial charge >= 0.3 is 0 Å². The quantitative estimate of drug-likeness (QED) is 0.910. The summed E-state index contributed by atoms with van der Waals surface area (Å²) in [6, 6.07) is 10.2. The predicted octanol–water partition coefficient (Wildman–Crippen LogP) is 3.72. The maximum absolute atomic E-state index is 13.1. The van der Waals surface area contributed by atoms with Gasteiger partial charge in [-0.15, -0.1) is 0 Å². The lowest BCUT2D eigenvalue weighted by Crippen LogP contribution is -2.19. The zero-order valence-corrected chi connectivity index (χ0v) is 10.8. The minimum atomic E-state index is -0.276. The summed E-state index contributed by atoms with van der Waals surface area (Å²) >= 11 is 6.00. The molecule has 18 heavy (non-hydrogen) atoms. The topological polar surface area (TPSA) is 24.9 Å². The second-order valence-electron chi connectivity index (χ2n) is 4.09. The summed E-state index contributed by atoms with van der Waals surface area (Å²) in [7, 11) is 0. The van der Waals surface area contributed by atoms with Crippen LogP contribution in [0.1, 0.15) is 24.2 Å². The Kier molecular flexibility index (Phi) is 4.28. The monoisotopic (exact) mass is 264 g/mol. The third kappa shape index (κ3) is 3.28. The molecule has 1 aromatic carbocycles. The zero-order chi connectivity index (χ0) is 13.0. The molecular weight excluding hydrogens is 251 g/mol. The normalized spacial score (nSPS) is 12.4. The highest BCUT2D eigenvalue weighted by molar-refractivity contribution is 6.31. The van der Waals surface area contributed by atoms with E-state index in [1.807, 2.05) is 25.1 Å². The molecule has 0 fully saturated rings. The van der Waals surface area contributed by atoms with Gasteiger partial charge in [0.05, 0.1) is 5.69 Å². The maximum Gasteiger partial charge on any atom is 0.123 e. The molecule has 1 heterocycles. The number of rotatable bonds is 4. The summed E-state index contributed by atoms with van der Waals surface area (Å²) in [6.07, 6.45) is 1.75. The lowest BCUT2D eigenvalue weighted by molar-refractivity contribution is 0.557. The molecule has 1 atom stereocenters. The van der Waals surface area contributed by atoms with E-state index in [0.29, 0.717) is 11.6 Å². The highest BCUT2D eigenvalue weighted by atomic mass is 35.5. The van der Waals surface area contributed by atoms with Crippen molar-refractivity contribution in [2.75, 3.05) is 0 Å². The SMILES string of the molecule is CC(NCc1cc(F)ccc1Cl)c1ccccn1. The van der Waals surface area contributed by atoms with Crippen molar-refractivity contribution >= 4 is 11.6 Å². The molecule has 1 unspecified atom stereocenters. The maximum atomic E-state index is 13.1. The van der Waals surface area contributed by atoms with E-state index in [4.69, 9.17) is 11.6 Å². The van der Waals surface area contributed by atoms with Gasteiger partial charge in [0.1, 0.15) is 5.82 Å². The van der Waals surface area contributed by atoms with Crippen LogP contribution < -0.4 is 5.32 Å². The third-order valence-corrected chi connectivity index (χ3v) is 3.11. The largest absolute Gasteiger partial charge is 0.305 e. The van der Waals surface area contributed by atoms with E-state index in [1.54, 1.807) is 12.3 Å². The Hall–Kier alpha value is -1.45. The number of aromatic nitrogens is 1. The molecule has 1 N–H and O–H groups in total. The van der Waals surface area contributed by atoms with Gasteiger partial charge in [-0.25, -0.2) is 4.39 Å². The van der Waals surface area contributed by atoms with Gasteiger partial charge in [-0.05, 0) is 42.8 Å². The molecule has 2 aromatic rings. The number of hydrogen-bond acceptors (Lipinski definition) is 2. The van der Waals surface area contributed by atoms with Crippen LogP contribution in [0.25, 0.3) is 0 Å². The predicted molar refractivity (Wildman–Crippen MR) is 70.9 cm³/mol. The number of nitrogens with zero attached hydrogens (tertiary/aromatic N) is 1. The van der Waals surface area contributed by atoms with E-state index >= 15 is 0 Å². The van der Waals surface area contributed by atoms with E-state index in [9.17, 15) is 4.39 Å². The Labute approximate surface area is 111 Å². The Morgan fingerprint density at radius 1 is 1.33 bits per heavy atom. The van der Waals surface area contributed by atoms with Gasteiger partial charge in [-0.3, -0.25) is 4.98 Å². The van der Waals surface area contributed by atoms with E-state index in [2.05, 4.69) is 10.3 Å². The van der Waals surface area contributed by atoms with E-state index < -0.39 is 0 Å². The number of nitrogens with one attached hydrogen (secondary N) is 1. The number of halogens is 2. The molecule has 0 aliphatic heterocycles. The summed E-state index contributed by atoms with van der Waals surface area (Å²) in [5.74, 6) is -0.276. The van der Waals surface area contributed by atoms with Crippen LogP contribution in [-0.4, -0.2) is 4.98 Å². The molecule has 0 saturated heterocycles. The second kappa shape index (κ2) is 5.94. The van der Waals surface area contributed by atoms with E-state index in [0.717, 1.165) is 11.3 Å². The standard InChI is InChI=1S/C14H14ClFN2/c1-10(14-4-2-3-7-17-14)18-9-11-8-12(16)5-6-13(11)15/h2-8,10,18H,9H2,1H3. The minimum absolute atomic E-state index is 0.0885. The first-order valence-electron chi connectivity index (χ1n) is 5.75. The fourth-order valence-corrected chi connectivity index (χ4v) is 1.86. The van der Waals surface area contributed by atoms with Crippen LogP contribution in [0.5, 0.6) is 0 Å². The zero-order valence-electron chi connectivity index (χ0n) is 10.0. The van der Waals surface area contributed by atoms with Gasteiger partial charge < -0.3 is 5.32 Å². The van der Waals surface area contributed by atoms with Crippen molar-refractivity contribution in [1.82, 2.24) is 10.3 Å². The molecule has 1 aromatic heterocycles. The van der Waals surface area contributed by atoms with Crippen LogP contribution in [-0.2, 0) is 6.54 Å². The molecule has 0 aliphatic rings. The average Bonchev–Trinajstić information content (AvgIpc) is 2.40. The first-order valence-corrected chi connectivity index (χ1v) is 6.13. The lowest BCUT2D eigenvalue weighted by Gasteiger charge is -2.13.